The van der Waals surface area contributed by atoms with Crippen molar-refractivity contribution >= 4 is 22.1 Å². The van der Waals surface area contributed by atoms with E-state index in [0.717, 1.165) is 0 Å². The van der Waals surface area contributed by atoms with E-state index in [1.807, 2.05) is 0 Å². The summed E-state index contributed by atoms with van der Waals surface area (Å²) < 4.78 is 35.2. The maximum absolute atomic E-state index is 11.5. The highest BCUT2D eigenvalue weighted by molar-refractivity contribution is 7.87. The van der Waals surface area contributed by atoms with Gasteiger partial charge in [0.1, 0.15) is 6.10 Å². The maximum Gasteiger partial charge on any atom is 0.328 e. The van der Waals surface area contributed by atoms with Gasteiger partial charge in [0, 0.05) is 6.42 Å². The molecule has 0 heterocycles. The molecule has 0 saturated heterocycles. The van der Waals surface area contributed by atoms with Crippen LogP contribution < -0.4 is 0 Å². The molecule has 0 aromatic rings. The van der Waals surface area contributed by atoms with Crippen LogP contribution in [0.25, 0.3) is 0 Å². The zero-order valence-corrected chi connectivity index (χ0v) is 10.3. The van der Waals surface area contributed by atoms with Gasteiger partial charge >= 0.3 is 11.9 Å². The summed E-state index contributed by atoms with van der Waals surface area (Å²) in [4.78, 5) is 21.9. The topological polar surface area (TPSA) is 118 Å². The minimum atomic E-state index is -4.84. The van der Waals surface area contributed by atoms with E-state index >= 15 is 0 Å². The highest BCUT2D eigenvalue weighted by Gasteiger charge is 2.35. The number of hydrogen-bond donors (Lipinski definition) is 2. The smallest absolute Gasteiger partial charge is 0.328 e. The first-order valence-electron chi connectivity index (χ1n) is 4.84. The Morgan fingerprint density at radius 2 is 1.89 bits per heavy atom. The molecule has 0 aromatic carbocycles. The van der Waals surface area contributed by atoms with E-state index in [4.69, 9.17) is 14.4 Å². The highest BCUT2D eigenvalue weighted by Crippen LogP contribution is 2.11. The van der Waals surface area contributed by atoms with Crippen molar-refractivity contribution < 1.29 is 32.4 Å². The van der Waals surface area contributed by atoms with Gasteiger partial charge in [-0.1, -0.05) is 18.7 Å². The third kappa shape index (κ3) is 5.60. The number of carboxylic acids is 1. The number of rotatable bonds is 8. The zero-order valence-electron chi connectivity index (χ0n) is 9.48. The lowest BCUT2D eigenvalue weighted by Crippen LogP contribution is -2.35. The number of carboxylic acid groups (broad SMARTS) is 1. The third-order valence-electron chi connectivity index (χ3n) is 1.91. The molecular weight excluding hydrogens is 264 g/mol. The first-order chi connectivity index (χ1) is 8.22. The van der Waals surface area contributed by atoms with Crippen molar-refractivity contribution in [1.82, 2.24) is 0 Å². The van der Waals surface area contributed by atoms with Crippen molar-refractivity contribution in [1.29, 1.82) is 0 Å². The second-order valence-electron chi connectivity index (χ2n) is 3.34. The number of carbonyl (C=O) groups excluding carboxylic acids is 1. The zero-order chi connectivity index (χ0) is 14.3. The second-order valence-corrected chi connectivity index (χ2v) is 4.94. The van der Waals surface area contributed by atoms with Gasteiger partial charge in [0.05, 0.1) is 6.42 Å². The molecule has 8 heteroatoms. The summed E-state index contributed by atoms with van der Waals surface area (Å²) in [6.07, 6.45) is 0.949. The van der Waals surface area contributed by atoms with Crippen LogP contribution in [0.5, 0.6) is 0 Å². The molecule has 102 valence electrons. The molecule has 18 heavy (non-hydrogen) atoms. The number of ether oxygens (including phenoxy) is 1. The molecule has 2 unspecified atom stereocenters. The van der Waals surface area contributed by atoms with Crippen molar-refractivity contribution in [2.45, 2.75) is 24.2 Å². The third-order valence-corrected chi connectivity index (χ3v) is 2.99. The molecule has 2 N–H and O–H groups in total. The molecular formula is C10H14O7S. The van der Waals surface area contributed by atoms with Crippen LogP contribution in [0.2, 0.25) is 0 Å². The minimum Gasteiger partial charge on any atom is -0.481 e. The predicted molar refractivity (Wildman–Crippen MR) is 62.5 cm³/mol. The van der Waals surface area contributed by atoms with Crippen molar-refractivity contribution in [3.05, 3.63) is 25.3 Å². The SMILES string of the molecule is C=CCC(C=C)OC(=O)C(CC(=O)O)S(=O)(=O)O. The number of hydrogen-bond acceptors (Lipinski definition) is 5. The van der Waals surface area contributed by atoms with E-state index in [2.05, 4.69) is 13.2 Å². The first-order valence-corrected chi connectivity index (χ1v) is 6.34. The van der Waals surface area contributed by atoms with Crippen LogP contribution in [0.3, 0.4) is 0 Å². The van der Waals surface area contributed by atoms with E-state index in [1.165, 1.54) is 12.2 Å². The van der Waals surface area contributed by atoms with Gasteiger partial charge in [0.2, 0.25) is 0 Å². The standard InChI is InChI=1S/C10H14O7S/c1-3-5-7(4-2)17-10(13)8(6-9(11)12)18(14,15)16/h3-4,7-8H,1-2,5-6H2,(H,11,12)(H,14,15,16). The van der Waals surface area contributed by atoms with Gasteiger partial charge in [-0.3, -0.25) is 14.1 Å². The van der Waals surface area contributed by atoms with E-state index < -0.39 is 39.8 Å². The number of esters is 1. The largest absolute Gasteiger partial charge is 0.481 e. The van der Waals surface area contributed by atoms with Gasteiger partial charge in [-0.05, 0) is 0 Å². The van der Waals surface area contributed by atoms with Crippen LogP contribution in [0.1, 0.15) is 12.8 Å². The van der Waals surface area contributed by atoms with E-state index in [-0.39, 0.29) is 6.42 Å². The summed E-state index contributed by atoms with van der Waals surface area (Å²) in [5.41, 5.74) is 0. The Morgan fingerprint density at radius 3 is 2.22 bits per heavy atom. The van der Waals surface area contributed by atoms with Crippen molar-refractivity contribution in [2.75, 3.05) is 0 Å². The molecule has 0 rings (SSSR count). The summed E-state index contributed by atoms with van der Waals surface area (Å²) >= 11 is 0. The summed E-state index contributed by atoms with van der Waals surface area (Å²) in [5.74, 6) is -2.89. The Labute approximate surface area is 105 Å². The first kappa shape index (κ1) is 16.3. The number of carbonyl (C=O) groups is 2. The second kappa shape index (κ2) is 6.92. The van der Waals surface area contributed by atoms with Crippen molar-refractivity contribution in [3.8, 4) is 0 Å². The normalized spacial score (nSPS) is 14.3. The van der Waals surface area contributed by atoms with Crippen molar-refractivity contribution in [3.63, 3.8) is 0 Å². The molecule has 0 aliphatic rings. The van der Waals surface area contributed by atoms with Gasteiger partial charge in [0.25, 0.3) is 10.1 Å². The molecule has 2 atom stereocenters. The van der Waals surface area contributed by atoms with Crippen LogP contribution in [0, 0.1) is 0 Å². The molecule has 0 aliphatic heterocycles. The number of aliphatic carboxylic acids is 1. The van der Waals surface area contributed by atoms with Gasteiger partial charge < -0.3 is 9.84 Å². The molecule has 0 amide bonds. The van der Waals surface area contributed by atoms with E-state index in [1.54, 1.807) is 0 Å². The summed E-state index contributed by atoms with van der Waals surface area (Å²) in [6.45, 7) is 6.76. The average molecular weight is 278 g/mol. The van der Waals surface area contributed by atoms with Crippen LogP contribution in [0.4, 0.5) is 0 Å². The lowest BCUT2D eigenvalue weighted by atomic mass is 10.2. The van der Waals surface area contributed by atoms with E-state index in [0.29, 0.717) is 0 Å². The Hall–Kier alpha value is -1.67. The van der Waals surface area contributed by atoms with E-state index in [9.17, 15) is 18.0 Å². The fourth-order valence-electron chi connectivity index (χ4n) is 1.05. The summed E-state index contributed by atoms with van der Waals surface area (Å²) in [6, 6.07) is 0. The van der Waals surface area contributed by atoms with Crippen molar-refractivity contribution in [2.24, 2.45) is 0 Å². The van der Waals surface area contributed by atoms with Crippen LogP contribution in [-0.2, 0) is 24.4 Å². The molecule has 0 saturated carbocycles. The Kier molecular flexibility index (Phi) is 6.28. The Balaban J connectivity index is 4.92. The lowest BCUT2D eigenvalue weighted by molar-refractivity contribution is -0.149. The summed E-state index contributed by atoms with van der Waals surface area (Å²) in [5, 5.41) is 6.32. The molecule has 0 aromatic heterocycles. The molecule has 7 nitrogen and oxygen atoms in total. The monoisotopic (exact) mass is 278 g/mol. The molecule has 0 spiro atoms. The molecule has 0 radical (unpaired) electrons. The molecule has 0 bridgehead atoms. The molecule has 0 aliphatic carbocycles. The van der Waals surface area contributed by atoms with Gasteiger partial charge in [0.15, 0.2) is 5.25 Å². The van der Waals surface area contributed by atoms with Crippen LogP contribution in [0.15, 0.2) is 25.3 Å². The van der Waals surface area contributed by atoms with Gasteiger partial charge in [-0.25, -0.2) is 0 Å². The maximum atomic E-state index is 11.5. The van der Waals surface area contributed by atoms with Crippen LogP contribution in [-0.4, -0.2) is 41.4 Å². The average Bonchev–Trinajstić information content (AvgIpc) is 2.23. The minimum absolute atomic E-state index is 0.195. The highest BCUT2D eigenvalue weighted by atomic mass is 32.2. The predicted octanol–water partition coefficient (Wildman–Crippen LogP) is 0.391. The van der Waals surface area contributed by atoms with Crippen LogP contribution >= 0.6 is 0 Å². The Bertz CT molecular complexity index is 437. The van der Waals surface area contributed by atoms with Gasteiger partial charge in [-0.15, -0.1) is 6.58 Å². The lowest BCUT2D eigenvalue weighted by Gasteiger charge is -2.16. The van der Waals surface area contributed by atoms with Gasteiger partial charge in [-0.2, -0.15) is 8.42 Å². The summed E-state index contributed by atoms with van der Waals surface area (Å²) in [7, 11) is -4.84. The quantitative estimate of drug-likeness (QED) is 0.374. The molecule has 0 fully saturated rings. The fraction of sp³-hybridized carbons (Fsp3) is 0.400. The Morgan fingerprint density at radius 1 is 1.33 bits per heavy atom. The fourth-order valence-corrected chi connectivity index (χ4v) is 1.70.